The normalized spacial score (nSPS) is 13.6. The van der Waals surface area contributed by atoms with Gasteiger partial charge in [-0.1, -0.05) is 0 Å². The summed E-state index contributed by atoms with van der Waals surface area (Å²) in [5.74, 6) is -0.468. The van der Waals surface area contributed by atoms with Crippen LogP contribution in [0.25, 0.3) is 11.0 Å². The maximum absolute atomic E-state index is 13.4. The Kier molecular flexibility index (Phi) is 3.95. The lowest BCUT2D eigenvalue weighted by Gasteiger charge is -2.07. The van der Waals surface area contributed by atoms with Crippen LogP contribution in [0.1, 0.15) is 29.0 Å². The van der Waals surface area contributed by atoms with Gasteiger partial charge in [0.15, 0.2) is 5.76 Å². The minimum Gasteiger partial charge on any atom is -0.451 e. The van der Waals surface area contributed by atoms with Crippen LogP contribution < -0.4 is 10.6 Å². The van der Waals surface area contributed by atoms with Crippen LogP contribution in [0.2, 0.25) is 0 Å². The zero-order chi connectivity index (χ0) is 18.3. The van der Waals surface area contributed by atoms with Crippen LogP contribution in [0.4, 0.5) is 15.8 Å². The summed E-state index contributed by atoms with van der Waals surface area (Å²) in [5, 5.41) is 6.17. The van der Waals surface area contributed by atoms with Crippen molar-refractivity contribution in [2.45, 2.75) is 19.8 Å². The van der Waals surface area contributed by atoms with E-state index in [0.29, 0.717) is 27.9 Å². The molecule has 0 atom stereocenters. The van der Waals surface area contributed by atoms with Crippen LogP contribution in [-0.2, 0) is 4.79 Å². The molecule has 0 radical (unpaired) electrons. The van der Waals surface area contributed by atoms with E-state index >= 15 is 0 Å². The summed E-state index contributed by atoms with van der Waals surface area (Å²) >= 11 is 0. The van der Waals surface area contributed by atoms with Gasteiger partial charge in [0.05, 0.1) is 0 Å². The third-order valence-corrected chi connectivity index (χ3v) is 4.46. The Balaban J connectivity index is 1.49. The lowest BCUT2D eigenvalue weighted by molar-refractivity contribution is -0.117. The van der Waals surface area contributed by atoms with Crippen molar-refractivity contribution in [1.29, 1.82) is 0 Å². The third-order valence-electron chi connectivity index (χ3n) is 4.46. The first-order chi connectivity index (χ1) is 12.5. The van der Waals surface area contributed by atoms with Gasteiger partial charge in [0.1, 0.15) is 11.4 Å². The van der Waals surface area contributed by atoms with Crippen LogP contribution in [0.5, 0.6) is 0 Å². The molecule has 0 saturated heterocycles. The molecular formula is C20H17FN2O3. The Morgan fingerprint density at radius 1 is 1.04 bits per heavy atom. The largest absolute Gasteiger partial charge is 0.451 e. The van der Waals surface area contributed by atoms with Gasteiger partial charge in [-0.05, 0) is 62.2 Å². The molecule has 0 aliphatic heterocycles. The first-order valence-electron chi connectivity index (χ1n) is 8.42. The predicted octanol–water partition coefficient (Wildman–Crippen LogP) is 4.48. The fourth-order valence-corrected chi connectivity index (χ4v) is 2.82. The van der Waals surface area contributed by atoms with E-state index in [-0.39, 0.29) is 23.4 Å². The number of amides is 2. The number of nitrogens with one attached hydrogen (secondary N) is 2. The summed E-state index contributed by atoms with van der Waals surface area (Å²) in [7, 11) is 0. The topological polar surface area (TPSA) is 71.3 Å². The van der Waals surface area contributed by atoms with Crippen molar-refractivity contribution >= 4 is 34.2 Å². The first-order valence-corrected chi connectivity index (χ1v) is 8.42. The number of carbonyl (C=O) groups excluding carboxylic acids is 2. The van der Waals surface area contributed by atoms with Gasteiger partial charge in [0, 0.05) is 28.2 Å². The maximum Gasteiger partial charge on any atom is 0.291 e. The molecule has 2 amide bonds. The molecule has 1 aliphatic carbocycles. The van der Waals surface area contributed by atoms with Crippen LogP contribution in [0.3, 0.4) is 0 Å². The van der Waals surface area contributed by atoms with E-state index in [9.17, 15) is 14.0 Å². The molecule has 2 aromatic carbocycles. The second-order valence-electron chi connectivity index (χ2n) is 6.49. The molecule has 132 valence electrons. The molecule has 26 heavy (non-hydrogen) atoms. The SMILES string of the molecule is Cc1c(C(=O)Nc2ccc(NC(=O)C3CC3)cc2)oc2ccc(F)cc12. The molecule has 2 N–H and O–H groups in total. The number of anilines is 2. The zero-order valence-corrected chi connectivity index (χ0v) is 14.1. The smallest absolute Gasteiger partial charge is 0.291 e. The Morgan fingerprint density at radius 3 is 2.35 bits per heavy atom. The molecule has 1 heterocycles. The highest BCUT2D eigenvalue weighted by Crippen LogP contribution is 2.30. The molecule has 1 fully saturated rings. The second kappa shape index (κ2) is 6.29. The number of furan rings is 1. The van der Waals surface area contributed by atoms with Crippen LogP contribution in [0, 0.1) is 18.7 Å². The lowest BCUT2D eigenvalue weighted by Crippen LogP contribution is -2.14. The summed E-state index contributed by atoms with van der Waals surface area (Å²) in [4.78, 5) is 24.2. The highest BCUT2D eigenvalue weighted by atomic mass is 19.1. The van der Waals surface area contributed by atoms with E-state index in [2.05, 4.69) is 10.6 Å². The van der Waals surface area contributed by atoms with Crippen molar-refractivity contribution in [2.24, 2.45) is 5.92 Å². The minimum absolute atomic E-state index is 0.0342. The van der Waals surface area contributed by atoms with Crippen LogP contribution >= 0.6 is 0 Å². The van der Waals surface area contributed by atoms with Crippen molar-refractivity contribution < 1.29 is 18.4 Å². The van der Waals surface area contributed by atoms with E-state index in [0.717, 1.165) is 12.8 Å². The third kappa shape index (κ3) is 3.18. The number of hydrogen-bond acceptors (Lipinski definition) is 3. The Morgan fingerprint density at radius 2 is 1.69 bits per heavy atom. The number of halogens is 1. The van der Waals surface area contributed by atoms with Gasteiger partial charge < -0.3 is 15.1 Å². The molecule has 1 aliphatic rings. The van der Waals surface area contributed by atoms with Gasteiger partial charge in [-0.15, -0.1) is 0 Å². The van der Waals surface area contributed by atoms with E-state index < -0.39 is 5.91 Å². The molecule has 6 heteroatoms. The quantitative estimate of drug-likeness (QED) is 0.727. The van der Waals surface area contributed by atoms with E-state index in [4.69, 9.17) is 4.42 Å². The van der Waals surface area contributed by atoms with Gasteiger partial charge in [0.25, 0.3) is 5.91 Å². The standard InChI is InChI=1S/C20H17FN2O3/c1-11-16-10-13(21)4-9-17(16)26-18(11)20(25)23-15-7-5-14(6-8-15)22-19(24)12-2-3-12/h4-10,12H,2-3H2,1H3,(H,22,24)(H,23,25). The summed E-state index contributed by atoms with van der Waals surface area (Å²) in [6, 6.07) is 11.0. The van der Waals surface area contributed by atoms with E-state index in [1.54, 1.807) is 31.2 Å². The summed E-state index contributed by atoms with van der Waals surface area (Å²) in [5.41, 5.74) is 2.32. The second-order valence-corrected chi connectivity index (χ2v) is 6.49. The summed E-state index contributed by atoms with van der Waals surface area (Å²) in [6.07, 6.45) is 1.89. The molecule has 0 unspecified atom stereocenters. The average Bonchev–Trinajstić information content (AvgIpc) is 3.42. The van der Waals surface area contributed by atoms with E-state index in [1.165, 1.54) is 18.2 Å². The minimum atomic E-state index is -0.408. The number of benzene rings is 2. The number of fused-ring (bicyclic) bond motifs is 1. The monoisotopic (exact) mass is 352 g/mol. The number of aryl methyl sites for hydroxylation is 1. The van der Waals surface area contributed by atoms with Gasteiger partial charge >= 0.3 is 0 Å². The van der Waals surface area contributed by atoms with Gasteiger partial charge in [-0.25, -0.2) is 4.39 Å². The fraction of sp³-hybridized carbons (Fsp3) is 0.200. The predicted molar refractivity (Wildman–Crippen MR) is 96.7 cm³/mol. The number of rotatable bonds is 4. The van der Waals surface area contributed by atoms with E-state index in [1.807, 2.05) is 0 Å². The van der Waals surface area contributed by atoms with Crippen molar-refractivity contribution in [1.82, 2.24) is 0 Å². The highest BCUT2D eigenvalue weighted by molar-refractivity contribution is 6.06. The summed E-state index contributed by atoms with van der Waals surface area (Å²) in [6.45, 7) is 1.72. The molecule has 4 rings (SSSR count). The van der Waals surface area contributed by atoms with Gasteiger partial charge in [0.2, 0.25) is 5.91 Å². The number of hydrogen-bond donors (Lipinski definition) is 2. The fourth-order valence-electron chi connectivity index (χ4n) is 2.82. The van der Waals surface area contributed by atoms with Crippen LogP contribution in [-0.4, -0.2) is 11.8 Å². The molecule has 5 nitrogen and oxygen atoms in total. The first kappa shape index (κ1) is 16.3. The zero-order valence-electron chi connectivity index (χ0n) is 14.1. The number of carbonyl (C=O) groups is 2. The van der Waals surface area contributed by atoms with Crippen molar-refractivity contribution in [3.8, 4) is 0 Å². The van der Waals surface area contributed by atoms with Gasteiger partial charge in [-0.2, -0.15) is 0 Å². The molecule has 1 saturated carbocycles. The Bertz CT molecular complexity index is 1000. The molecule has 3 aromatic rings. The van der Waals surface area contributed by atoms with Gasteiger partial charge in [-0.3, -0.25) is 9.59 Å². The van der Waals surface area contributed by atoms with Crippen molar-refractivity contribution in [3.05, 3.63) is 59.6 Å². The molecule has 0 spiro atoms. The molecule has 0 bridgehead atoms. The Labute approximate surface area is 149 Å². The highest BCUT2D eigenvalue weighted by Gasteiger charge is 2.29. The van der Waals surface area contributed by atoms with Crippen molar-refractivity contribution in [2.75, 3.05) is 10.6 Å². The molecule has 1 aromatic heterocycles. The molecular weight excluding hydrogens is 335 g/mol. The lowest BCUT2D eigenvalue weighted by atomic mass is 10.1. The summed E-state index contributed by atoms with van der Waals surface area (Å²) < 4.78 is 18.9. The van der Waals surface area contributed by atoms with Crippen molar-refractivity contribution in [3.63, 3.8) is 0 Å². The average molecular weight is 352 g/mol. The Hall–Kier alpha value is -3.15. The maximum atomic E-state index is 13.4. The van der Waals surface area contributed by atoms with Crippen LogP contribution in [0.15, 0.2) is 46.9 Å².